The zero-order valence-corrected chi connectivity index (χ0v) is 15.2. The SMILES string of the molecule is Cc1cc(CC(=O)Nc2ccc3nc(SCCC(F)(F)F)sc3c2)on1. The van der Waals surface area contributed by atoms with E-state index in [1.807, 2.05) is 0 Å². The Bertz CT molecular complexity index is 921. The normalized spacial score (nSPS) is 11.8. The van der Waals surface area contributed by atoms with Gasteiger partial charge in [0.25, 0.3) is 0 Å². The minimum atomic E-state index is -4.16. The van der Waals surface area contributed by atoms with Gasteiger partial charge in [-0.05, 0) is 25.1 Å². The number of alkyl halides is 3. The van der Waals surface area contributed by atoms with Crippen molar-refractivity contribution in [3.05, 3.63) is 35.7 Å². The van der Waals surface area contributed by atoms with Gasteiger partial charge in [-0.25, -0.2) is 4.98 Å². The molecule has 3 aromatic rings. The van der Waals surface area contributed by atoms with Crippen molar-refractivity contribution < 1.29 is 22.5 Å². The van der Waals surface area contributed by atoms with E-state index in [9.17, 15) is 18.0 Å². The Labute approximate surface area is 155 Å². The van der Waals surface area contributed by atoms with Gasteiger partial charge in [-0.1, -0.05) is 16.9 Å². The number of thioether (sulfide) groups is 1. The number of aromatic nitrogens is 2. The van der Waals surface area contributed by atoms with Gasteiger partial charge in [-0.2, -0.15) is 13.2 Å². The third-order valence-corrected chi connectivity index (χ3v) is 5.44. The van der Waals surface area contributed by atoms with Crippen LogP contribution in [0.2, 0.25) is 0 Å². The van der Waals surface area contributed by atoms with Crippen LogP contribution < -0.4 is 5.32 Å². The average Bonchev–Trinajstić information content (AvgIpc) is 3.11. The zero-order chi connectivity index (χ0) is 18.7. The molecule has 1 amide bonds. The molecule has 1 N–H and O–H groups in total. The first-order valence-electron chi connectivity index (χ1n) is 7.61. The van der Waals surface area contributed by atoms with Crippen molar-refractivity contribution in [3.8, 4) is 0 Å². The summed E-state index contributed by atoms with van der Waals surface area (Å²) in [6.45, 7) is 1.77. The van der Waals surface area contributed by atoms with Crippen molar-refractivity contribution in [2.24, 2.45) is 0 Å². The van der Waals surface area contributed by atoms with Gasteiger partial charge in [0, 0.05) is 17.5 Å². The second-order valence-electron chi connectivity index (χ2n) is 5.54. The lowest BCUT2D eigenvalue weighted by Gasteiger charge is -2.03. The molecule has 1 aromatic carbocycles. The smallest absolute Gasteiger partial charge is 0.361 e. The maximum absolute atomic E-state index is 12.2. The molecule has 0 saturated heterocycles. The average molecular weight is 401 g/mol. The Balaban J connectivity index is 1.62. The highest BCUT2D eigenvalue weighted by atomic mass is 32.2. The minimum absolute atomic E-state index is 0.0660. The molecule has 10 heteroatoms. The predicted molar refractivity (Wildman–Crippen MR) is 94.6 cm³/mol. The van der Waals surface area contributed by atoms with Crippen LogP contribution >= 0.6 is 23.1 Å². The van der Waals surface area contributed by atoms with E-state index in [1.54, 1.807) is 31.2 Å². The summed E-state index contributed by atoms with van der Waals surface area (Å²) >= 11 is 2.38. The summed E-state index contributed by atoms with van der Waals surface area (Å²) in [7, 11) is 0. The predicted octanol–water partition coefficient (Wildman–Crippen LogP) is 4.82. The number of anilines is 1. The van der Waals surface area contributed by atoms with Crippen LogP contribution in [0.15, 0.2) is 33.1 Å². The van der Waals surface area contributed by atoms with Crippen LogP contribution in [0.25, 0.3) is 10.2 Å². The van der Waals surface area contributed by atoms with Gasteiger partial charge in [0.2, 0.25) is 5.91 Å². The van der Waals surface area contributed by atoms with Crippen LogP contribution in [0.1, 0.15) is 17.9 Å². The van der Waals surface area contributed by atoms with Crippen LogP contribution in [-0.4, -0.2) is 28.0 Å². The molecule has 2 heterocycles. The van der Waals surface area contributed by atoms with Crippen molar-refractivity contribution in [3.63, 3.8) is 0 Å². The van der Waals surface area contributed by atoms with Crippen molar-refractivity contribution in [1.29, 1.82) is 0 Å². The van der Waals surface area contributed by atoms with Gasteiger partial charge >= 0.3 is 6.18 Å². The Kier molecular flexibility index (Phi) is 5.52. The van der Waals surface area contributed by atoms with Gasteiger partial charge in [0.15, 0.2) is 4.34 Å². The number of nitrogens with one attached hydrogen (secondary N) is 1. The van der Waals surface area contributed by atoms with Crippen molar-refractivity contribution in [1.82, 2.24) is 10.1 Å². The van der Waals surface area contributed by atoms with Crippen LogP contribution in [0.3, 0.4) is 0 Å². The molecule has 0 aliphatic heterocycles. The molecule has 0 bridgehead atoms. The zero-order valence-electron chi connectivity index (χ0n) is 13.6. The molecule has 3 rings (SSSR count). The van der Waals surface area contributed by atoms with E-state index in [4.69, 9.17) is 4.52 Å². The van der Waals surface area contributed by atoms with Crippen molar-refractivity contribution in [2.75, 3.05) is 11.1 Å². The molecular weight excluding hydrogens is 387 g/mol. The number of carbonyl (C=O) groups is 1. The van der Waals surface area contributed by atoms with E-state index in [1.165, 1.54) is 11.3 Å². The molecule has 5 nitrogen and oxygen atoms in total. The lowest BCUT2D eigenvalue weighted by atomic mass is 10.2. The van der Waals surface area contributed by atoms with Gasteiger partial charge in [-0.15, -0.1) is 11.3 Å². The summed E-state index contributed by atoms with van der Waals surface area (Å²) in [5, 5.41) is 6.49. The lowest BCUT2D eigenvalue weighted by molar-refractivity contribution is -0.129. The maximum atomic E-state index is 12.2. The number of hydrogen-bond donors (Lipinski definition) is 1. The number of carbonyl (C=O) groups excluding carboxylic acids is 1. The van der Waals surface area contributed by atoms with E-state index in [0.29, 0.717) is 27.0 Å². The maximum Gasteiger partial charge on any atom is 0.389 e. The molecule has 0 aliphatic carbocycles. The van der Waals surface area contributed by atoms with Crippen molar-refractivity contribution >= 4 is 44.9 Å². The second kappa shape index (κ2) is 7.67. The summed E-state index contributed by atoms with van der Waals surface area (Å²) in [6.07, 6.45) is -4.95. The van der Waals surface area contributed by atoms with Gasteiger partial charge in [0.1, 0.15) is 5.76 Å². The summed E-state index contributed by atoms with van der Waals surface area (Å²) in [5.41, 5.74) is 1.98. The number of amides is 1. The number of thiazole rings is 1. The molecule has 0 unspecified atom stereocenters. The highest BCUT2D eigenvalue weighted by Gasteiger charge is 2.26. The fourth-order valence-corrected chi connectivity index (χ4v) is 4.32. The molecule has 138 valence electrons. The molecule has 0 radical (unpaired) electrons. The number of hydrogen-bond acceptors (Lipinski definition) is 6. The van der Waals surface area contributed by atoms with Gasteiger partial charge < -0.3 is 9.84 Å². The highest BCUT2D eigenvalue weighted by Crippen LogP contribution is 2.33. The monoisotopic (exact) mass is 401 g/mol. The quantitative estimate of drug-likeness (QED) is 0.600. The second-order valence-corrected chi connectivity index (χ2v) is 7.91. The molecule has 26 heavy (non-hydrogen) atoms. The molecule has 0 saturated carbocycles. The van der Waals surface area contributed by atoms with Crippen LogP contribution in [0, 0.1) is 6.92 Å². The molecule has 2 aromatic heterocycles. The Morgan fingerprint density at radius 2 is 2.15 bits per heavy atom. The van der Waals surface area contributed by atoms with E-state index in [0.717, 1.165) is 16.5 Å². The van der Waals surface area contributed by atoms with E-state index >= 15 is 0 Å². The largest absolute Gasteiger partial charge is 0.389 e. The summed E-state index contributed by atoms with van der Waals surface area (Å²) in [6, 6.07) is 6.88. The first-order valence-corrected chi connectivity index (χ1v) is 9.41. The third kappa shape index (κ3) is 5.21. The van der Waals surface area contributed by atoms with Gasteiger partial charge in [0.05, 0.1) is 28.8 Å². The number of benzene rings is 1. The Morgan fingerprint density at radius 1 is 1.35 bits per heavy atom. The number of fused-ring (bicyclic) bond motifs is 1. The third-order valence-electron chi connectivity index (χ3n) is 3.28. The standard InChI is InChI=1S/C16H14F3N3O2S2/c1-9-6-11(24-22-9)8-14(23)20-10-2-3-12-13(7-10)26-15(21-12)25-5-4-16(17,18)19/h2-3,6-7H,4-5,8H2,1H3,(H,20,23). The summed E-state index contributed by atoms with van der Waals surface area (Å²) in [4.78, 5) is 16.3. The Hall–Kier alpha value is -2.07. The van der Waals surface area contributed by atoms with Crippen molar-refractivity contribution in [2.45, 2.75) is 30.3 Å². The number of aryl methyl sites for hydroxylation is 1. The first-order chi connectivity index (χ1) is 12.3. The van der Waals surface area contributed by atoms with Crippen LogP contribution in [0.4, 0.5) is 18.9 Å². The number of nitrogens with zero attached hydrogens (tertiary/aromatic N) is 2. The fraction of sp³-hybridized carbons (Fsp3) is 0.312. The summed E-state index contributed by atoms with van der Waals surface area (Å²) in [5.74, 6) is 0.163. The van der Waals surface area contributed by atoms with Crippen LogP contribution in [0.5, 0.6) is 0 Å². The van der Waals surface area contributed by atoms with E-state index < -0.39 is 12.6 Å². The molecule has 0 spiro atoms. The van der Waals surface area contributed by atoms with E-state index in [2.05, 4.69) is 15.5 Å². The first kappa shape index (κ1) is 18.7. The Morgan fingerprint density at radius 3 is 2.85 bits per heavy atom. The molecule has 0 atom stereocenters. The molecule has 0 fully saturated rings. The number of halogens is 3. The topological polar surface area (TPSA) is 68.0 Å². The van der Waals surface area contributed by atoms with Gasteiger partial charge in [-0.3, -0.25) is 4.79 Å². The lowest BCUT2D eigenvalue weighted by Crippen LogP contribution is -2.13. The molecular formula is C16H14F3N3O2S2. The molecule has 0 aliphatic rings. The minimum Gasteiger partial charge on any atom is -0.361 e. The fourth-order valence-electron chi connectivity index (χ4n) is 2.16. The van der Waals surface area contributed by atoms with E-state index in [-0.39, 0.29) is 18.1 Å². The number of rotatable bonds is 6. The highest BCUT2D eigenvalue weighted by molar-refractivity contribution is 8.01. The van der Waals surface area contributed by atoms with Crippen LogP contribution in [-0.2, 0) is 11.2 Å². The summed E-state index contributed by atoms with van der Waals surface area (Å²) < 4.78 is 43.0.